The summed E-state index contributed by atoms with van der Waals surface area (Å²) in [5.41, 5.74) is 1.16. The molecule has 0 saturated heterocycles. The fourth-order valence-electron chi connectivity index (χ4n) is 2.93. The highest BCUT2D eigenvalue weighted by atomic mass is 35.5. The number of para-hydroxylation sites is 2. The van der Waals surface area contributed by atoms with E-state index >= 15 is 0 Å². The van der Waals surface area contributed by atoms with Crippen molar-refractivity contribution in [3.8, 4) is 17.2 Å². The van der Waals surface area contributed by atoms with E-state index in [0.717, 1.165) is 5.56 Å². The standard InChI is InChI=1S/C21H18ClN3O4S/c1-28-15-7-4-6-14(12-15)13-23-21-24-20-18(29-17-9-3-2-8-16(17)22)10-5-11-19(20)30(26,27)25-21/h2-12H,13H2,1H3,(H2,23,24,25). The molecule has 0 fully saturated rings. The average molecular weight is 444 g/mol. The third-order valence-electron chi connectivity index (χ3n) is 4.36. The third-order valence-corrected chi connectivity index (χ3v) is 6.06. The van der Waals surface area contributed by atoms with E-state index in [1.165, 1.54) is 6.07 Å². The summed E-state index contributed by atoms with van der Waals surface area (Å²) in [6.07, 6.45) is 0. The molecule has 1 aliphatic rings. The van der Waals surface area contributed by atoms with Gasteiger partial charge < -0.3 is 14.8 Å². The van der Waals surface area contributed by atoms with Gasteiger partial charge in [0, 0.05) is 0 Å². The van der Waals surface area contributed by atoms with Gasteiger partial charge in [-0.15, -0.1) is 0 Å². The first-order valence-electron chi connectivity index (χ1n) is 8.99. The van der Waals surface area contributed by atoms with Crippen molar-refractivity contribution in [3.63, 3.8) is 0 Å². The number of fused-ring (bicyclic) bond motifs is 1. The zero-order valence-corrected chi connectivity index (χ0v) is 17.5. The first kappa shape index (κ1) is 20.1. The molecule has 3 aromatic carbocycles. The Morgan fingerprint density at radius 1 is 1.00 bits per heavy atom. The monoisotopic (exact) mass is 443 g/mol. The fraction of sp³-hybridized carbons (Fsp3) is 0.0952. The number of benzene rings is 3. The minimum atomic E-state index is -3.81. The molecule has 0 radical (unpaired) electrons. The second-order valence-corrected chi connectivity index (χ2v) is 8.47. The van der Waals surface area contributed by atoms with Crippen LogP contribution in [0.1, 0.15) is 5.56 Å². The summed E-state index contributed by atoms with van der Waals surface area (Å²) < 4.78 is 39.0. The molecule has 30 heavy (non-hydrogen) atoms. The Bertz CT molecular complexity index is 1230. The van der Waals surface area contributed by atoms with E-state index < -0.39 is 10.0 Å². The lowest BCUT2D eigenvalue weighted by atomic mass is 10.2. The SMILES string of the molecule is COc1cccc(CN=C2Nc3c(Oc4ccccc4Cl)cccc3S(=O)(=O)N2)c1. The van der Waals surface area contributed by atoms with Crippen molar-refractivity contribution in [2.24, 2.45) is 4.99 Å². The van der Waals surface area contributed by atoms with Crippen LogP contribution in [0.2, 0.25) is 5.02 Å². The molecule has 3 aromatic rings. The van der Waals surface area contributed by atoms with Gasteiger partial charge in [-0.2, -0.15) is 0 Å². The minimum absolute atomic E-state index is 0.0624. The number of sulfonamides is 1. The number of rotatable bonds is 5. The maximum atomic E-state index is 12.7. The molecular formula is C21H18ClN3O4S. The number of aliphatic imine (C=N–C) groups is 1. The van der Waals surface area contributed by atoms with Crippen molar-refractivity contribution >= 4 is 33.3 Å². The van der Waals surface area contributed by atoms with Gasteiger partial charge in [0.05, 0.1) is 18.7 Å². The Hall–Kier alpha value is -3.23. The highest BCUT2D eigenvalue weighted by molar-refractivity contribution is 7.90. The molecule has 0 amide bonds. The van der Waals surface area contributed by atoms with Gasteiger partial charge in [-0.05, 0) is 42.0 Å². The molecule has 0 aliphatic carbocycles. The minimum Gasteiger partial charge on any atom is -0.497 e. The summed E-state index contributed by atoms with van der Waals surface area (Å²) in [4.78, 5) is 4.43. The molecule has 0 spiro atoms. The van der Waals surface area contributed by atoms with Crippen molar-refractivity contribution in [2.75, 3.05) is 12.4 Å². The molecule has 0 saturated carbocycles. The van der Waals surface area contributed by atoms with Gasteiger partial charge in [0.25, 0.3) is 10.0 Å². The van der Waals surface area contributed by atoms with Gasteiger partial charge in [-0.3, -0.25) is 0 Å². The number of hydrogen-bond donors (Lipinski definition) is 2. The van der Waals surface area contributed by atoms with E-state index in [4.69, 9.17) is 21.1 Å². The lowest BCUT2D eigenvalue weighted by Gasteiger charge is -2.23. The molecule has 1 aliphatic heterocycles. The maximum Gasteiger partial charge on any atom is 0.266 e. The van der Waals surface area contributed by atoms with Gasteiger partial charge in [0.1, 0.15) is 22.1 Å². The highest BCUT2D eigenvalue weighted by Gasteiger charge is 2.29. The molecule has 4 rings (SSSR count). The van der Waals surface area contributed by atoms with Crippen molar-refractivity contribution in [1.29, 1.82) is 0 Å². The number of methoxy groups -OCH3 is 1. The molecule has 0 bridgehead atoms. The molecule has 7 nitrogen and oxygen atoms in total. The number of ether oxygens (including phenoxy) is 2. The predicted molar refractivity (Wildman–Crippen MR) is 116 cm³/mol. The summed E-state index contributed by atoms with van der Waals surface area (Å²) in [5, 5.41) is 3.44. The zero-order valence-electron chi connectivity index (χ0n) is 15.9. The van der Waals surface area contributed by atoms with E-state index in [0.29, 0.717) is 28.0 Å². The van der Waals surface area contributed by atoms with Crippen LogP contribution in [0.25, 0.3) is 0 Å². The summed E-state index contributed by atoms with van der Waals surface area (Å²) in [6.45, 7) is 0.255. The van der Waals surface area contributed by atoms with Crippen molar-refractivity contribution < 1.29 is 17.9 Å². The van der Waals surface area contributed by atoms with Crippen LogP contribution in [-0.4, -0.2) is 21.5 Å². The molecule has 0 aromatic heterocycles. The average Bonchev–Trinajstić information content (AvgIpc) is 2.74. The Labute approximate surface area is 179 Å². The van der Waals surface area contributed by atoms with Gasteiger partial charge in [0.2, 0.25) is 5.96 Å². The fourth-order valence-corrected chi connectivity index (χ4v) is 4.26. The third kappa shape index (κ3) is 4.19. The molecule has 2 N–H and O–H groups in total. The van der Waals surface area contributed by atoms with Crippen LogP contribution in [0.3, 0.4) is 0 Å². The van der Waals surface area contributed by atoms with Crippen molar-refractivity contribution in [1.82, 2.24) is 4.72 Å². The normalized spacial score (nSPS) is 15.6. The molecule has 1 heterocycles. The van der Waals surface area contributed by atoms with Crippen LogP contribution in [0, 0.1) is 0 Å². The Kier molecular flexibility index (Phi) is 5.52. The van der Waals surface area contributed by atoms with E-state index in [9.17, 15) is 8.42 Å². The maximum absolute atomic E-state index is 12.7. The smallest absolute Gasteiger partial charge is 0.266 e. The second-order valence-electron chi connectivity index (χ2n) is 6.41. The number of nitrogens with zero attached hydrogens (tertiary/aromatic N) is 1. The Morgan fingerprint density at radius 2 is 1.77 bits per heavy atom. The van der Waals surface area contributed by atoms with Crippen LogP contribution in [0.15, 0.2) is 76.6 Å². The Balaban J connectivity index is 1.66. The zero-order chi connectivity index (χ0) is 21.1. The predicted octanol–water partition coefficient (Wildman–Crippen LogP) is 4.40. The quantitative estimate of drug-likeness (QED) is 0.610. The van der Waals surface area contributed by atoms with E-state index in [2.05, 4.69) is 15.0 Å². The van der Waals surface area contributed by atoms with Crippen LogP contribution in [0.4, 0.5) is 5.69 Å². The number of nitrogens with one attached hydrogen (secondary N) is 2. The largest absolute Gasteiger partial charge is 0.497 e. The molecule has 0 unspecified atom stereocenters. The lowest BCUT2D eigenvalue weighted by molar-refractivity contribution is 0.414. The van der Waals surface area contributed by atoms with E-state index in [1.54, 1.807) is 43.5 Å². The topological polar surface area (TPSA) is 89.0 Å². The number of hydrogen-bond acceptors (Lipinski definition) is 5. The summed E-state index contributed by atoms with van der Waals surface area (Å²) >= 11 is 6.17. The van der Waals surface area contributed by atoms with E-state index in [1.807, 2.05) is 24.3 Å². The first-order valence-corrected chi connectivity index (χ1v) is 10.8. The van der Waals surface area contributed by atoms with Crippen LogP contribution < -0.4 is 19.5 Å². The molecular weight excluding hydrogens is 426 g/mol. The number of guanidine groups is 1. The Morgan fingerprint density at radius 3 is 2.57 bits per heavy atom. The van der Waals surface area contributed by atoms with Gasteiger partial charge in [-0.25, -0.2) is 18.1 Å². The van der Waals surface area contributed by atoms with Crippen molar-refractivity contribution in [3.05, 3.63) is 77.3 Å². The van der Waals surface area contributed by atoms with Crippen LogP contribution in [0.5, 0.6) is 17.2 Å². The summed E-state index contributed by atoms with van der Waals surface area (Å²) in [6, 6.07) is 19.1. The molecule has 9 heteroatoms. The molecule has 0 atom stereocenters. The molecule has 154 valence electrons. The lowest BCUT2D eigenvalue weighted by Crippen LogP contribution is -2.40. The van der Waals surface area contributed by atoms with Gasteiger partial charge in [0.15, 0.2) is 5.75 Å². The number of anilines is 1. The first-order chi connectivity index (χ1) is 14.5. The van der Waals surface area contributed by atoms with Crippen LogP contribution in [-0.2, 0) is 16.6 Å². The number of halogens is 1. The van der Waals surface area contributed by atoms with Crippen LogP contribution >= 0.6 is 11.6 Å². The summed E-state index contributed by atoms with van der Waals surface area (Å²) in [5.74, 6) is 1.53. The highest BCUT2D eigenvalue weighted by Crippen LogP contribution is 2.38. The second kappa shape index (κ2) is 8.25. The summed E-state index contributed by atoms with van der Waals surface area (Å²) in [7, 11) is -2.23. The van der Waals surface area contributed by atoms with Gasteiger partial charge >= 0.3 is 0 Å². The van der Waals surface area contributed by atoms with Gasteiger partial charge in [-0.1, -0.05) is 41.9 Å². The van der Waals surface area contributed by atoms with E-state index in [-0.39, 0.29) is 17.4 Å². The van der Waals surface area contributed by atoms with Crippen molar-refractivity contribution in [2.45, 2.75) is 11.4 Å².